The maximum atomic E-state index is 11.2. The van der Waals surface area contributed by atoms with Gasteiger partial charge in [-0.1, -0.05) is 38.1 Å². The molecular weight excluding hydrogens is 478 g/mol. The number of hydrogen-bond donors (Lipinski definition) is 2. The van der Waals surface area contributed by atoms with Gasteiger partial charge < -0.3 is 24.3 Å². The fourth-order valence-electron chi connectivity index (χ4n) is 4.06. The second kappa shape index (κ2) is 13.8. The molecule has 0 spiro atoms. The summed E-state index contributed by atoms with van der Waals surface area (Å²) in [7, 11) is 1.64. The maximum absolute atomic E-state index is 11.2. The number of halogens is 1. The molecule has 2 aromatic carbocycles. The van der Waals surface area contributed by atoms with E-state index >= 15 is 0 Å². The van der Waals surface area contributed by atoms with Crippen LogP contribution < -0.4 is 9.47 Å². The fraction of sp³-hybridized carbons (Fsp3) is 0.345. The summed E-state index contributed by atoms with van der Waals surface area (Å²) in [6.45, 7) is 11.1. The summed E-state index contributed by atoms with van der Waals surface area (Å²) in [5, 5.41) is 21.1. The molecule has 3 aromatic rings. The van der Waals surface area contributed by atoms with Crippen molar-refractivity contribution in [2.45, 2.75) is 40.3 Å². The van der Waals surface area contributed by atoms with Crippen LogP contribution in [0.15, 0.2) is 66.8 Å². The van der Waals surface area contributed by atoms with E-state index in [4.69, 9.17) is 26.2 Å². The van der Waals surface area contributed by atoms with E-state index in [0.717, 1.165) is 39.0 Å². The number of aliphatic carboxylic acids is 1. The second-order valence-electron chi connectivity index (χ2n) is 8.79. The zero-order valence-electron chi connectivity index (χ0n) is 21.6. The molecule has 1 atom stereocenters. The Morgan fingerprint density at radius 3 is 2.47 bits per heavy atom. The standard InChI is InChI=1S/C26H31NO5.C3H5Cl/c1-16(2)11-17(3)26(30)27-18(4)22(23-14-20(31-5)9-10-24(23)27)13-19-7-6-8-21(12-19)32-15-25(28)29;1-2-3-4/h6-12,14,16,26,30H,13,15H2,1-5H3,(H,28,29);2H,1,3H2/b17-11+;. The summed E-state index contributed by atoms with van der Waals surface area (Å²) in [5.74, 6) is 1.14. The van der Waals surface area contributed by atoms with Gasteiger partial charge in [-0.2, -0.15) is 0 Å². The highest BCUT2D eigenvalue weighted by atomic mass is 35.5. The van der Waals surface area contributed by atoms with Crippen LogP contribution in [0.1, 0.15) is 43.8 Å². The van der Waals surface area contributed by atoms with Gasteiger partial charge in [-0.25, -0.2) is 4.79 Å². The summed E-state index contributed by atoms with van der Waals surface area (Å²) in [5.41, 5.74) is 4.86. The average molecular weight is 514 g/mol. The van der Waals surface area contributed by atoms with Gasteiger partial charge in [-0.05, 0) is 73.2 Å². The summed E-state index contributed by atoms with van der Waals surface area (Å²) in [4.78, 5) is 10.8. The molecule has 3 rings (SSSR count). The number of nitrogens with zero attached hydrogens (tertiary/aromatic N) is 1. The largest absolute Gasteiger partial charge is 0.497 e. The summed E-state index contributed by atoms with van der Waals surface area (Å²) in [6, 6.07) is 13.3. The van der Waals surface area contributed by atoms with Gasteiger partial charge in [0.2, 0.25) is 0 Å². The fourth-order valence-corrected chi connectivity index (χ4v) is 4.06. The Morgan fingerprint density at radius 2 is 1.89 bits per heavy atom. The number of allylic oxidation sites excluding steroid dienone is 2. The molecular formula is C29H36ClNO5. The molecule has 7 heteroatoms. The van der Waals surface area contributed by atoms with E-state index < -0.39 is 12.2 Å². The van der Waals surface area contributed by atoms with Crippen molar-refractivity contribution in [1.29, 1.82) is 0 Å². The van der Waals surface area contributed by atoms with Gasteiger partial charge in [0, 0.05) is 17.0 Å². The Kier molecular flexibility index (Phi) is 11.1. The third kappa shape index (κ3) is 7.64. The van der Waals surface area contributed by atoms with Gasteiger partial charge in [-0.15, -0.1) is 18.2 Å². The molecule has 6 nitrogen and oxygen atoms in total. The van der Waals surface area contributed by atoms with Crippen LogP contribution in [0.4, 0.5) is 0 Å². The third-order valence-electron chi connectivity index (χ3n) is 5.59. The quantitative estimate of drug-likeness (QED) is 0.238. The topological polar surface area (TPSA) is 80.9 Å². The smallest absolute Gasteiger partial charge is 0.341 e. The summed E-state index contributed by atoms with van der Waals surface area (Å²) in [6.07, 6.45) is 3.54. The van der Waals surface area contributed by atoms with Gasteiger partial charge in [0.25, 0.3) is 0 Å². The Labute approximate surface area is 218 Å². The van der Waals surface area contributed by atoms with Crippen LogP contribution >= 0.6 is 11.6 Å². The van der Waals surface area contributed by atoms with E-state index in [1.54, 1.807) is 19.3 Å². The minimum Gasteiger partial charge on any atom is -0.497 e. The van der Waals surface area contributed by atoms with Crippen molar-refractivity contribution >= 4 is 28.5 Å². The number of hydrogen-bond acceptors (Lipinski definition) is 4. The first-order valence-electron chi connectivity index (χ1n) is 11.8. The number of methoxy groups -OCH3 is 1. The molecule has 0 amide bonds. The molecule has 0 aliphatic carbocycles. The predicted octanol–water partition coefficient (Wildman–Crippen LogP) is 6.52. The number of aliphatic hydroxyl groups is 1. The Bertz CT molecular complexity index is 1210. The van der Waals surface area contributed by atoms with Crippen molar-refractivity contribution in [1.82, 2.24) is 4.57 Å². The van der Waals surface area contributed by atoms with Crippen molar-refractivity contribution in [3.05, 3.63) is 83.6 Å². The van der Waals surface area contributed by atoms with Gasteiger partial charge in [-0.3, -0.25) is 0 Å². The van der Waals surface area contributed by atoms with Gasteiger partial charge in [0.05, 0.1) is 12.6 Å². The molecule has 36 heavy (non-hydrogen) atoms. The van der Waals surface area contributed by atoms with E-state index in [1.807, 2.05) is 54.8 Å². The number of fused-ring (bicyclic) bond motifs is 1. The summed E-state index contributed by atoms with van der Waals surface area (Å²) >= 11 is 5.07. The van der Waals surface area contributed by atoms with Gasteiger partial charge in [0.15, 0.2) is 12.8 Å². The first-order chi connectivity index (χ1) is 17.1. The van der Waals surface area contributed by atoms with Crippen LogP contribution in [-0.4, -0.2) is 40.3 Å². The van der Waals surface area contributed by atoms with Crippen LogP contribution in [0.5, 0.6) is 11.5 Å². The number of alkyl halides is 1. The Hall–Kier alpha value is -3.22. The minimum atomic E-state index is -1.01. The molecule has 1 unspecified atom stereocenters. The molecule has 1 heterocycles. The number of ether oxygens (including phenoxy) is 2. The number of carboxylic acids is 1. The average Bonchev–Trinajstić information content (AvgIpc) is 3.12. The zero-order valence-corrected chi connectivity index (χ0v) is 22.4. The number of benzene rings is 2. The number of rotatable bonds is 10. The molecule has 0 fully saturated rings. The molecule has 194 valence electrons. The van der Waals surface area contributed by atoms with Crippen molar-refractivity contribution in [3.63, 3.8) is 0 Å². The highest BCUT2D eigenvalue weighted by Crippen LogP contribution is 2.35. The van der Waals surface area contributed by atoms with Crippen molar-refractivity contribution < 1.29 is 24.5 Å². The monoisotopic (exact) mass is 513 g/mol. The van der Waals surface area contributed by atoms with Crippen LogP contribution in [-0.2, 0) is 11.2 Å². The molecule has 0 saturated heterocycles. The highest BCUT2D eigenvalue weighted by Gasteiger charge is 2.21. The molecule has 0 aliphatic rings. The lowest BCUT2D eigenvalue weighted by Gasteiger charge is -2.18. The number of carboxylic acid groups (broad SMARTS) is 1. The van der Waals surface area contributed by atoms with Crippen LogP contribution in [0.25, 0.3) is 10.9 Å². The summed E-state index contributed by atoms with van der Waals surface area (Å²) < 4.78 is 12.8. The lowest BCUT2D eigenvalue weighted by Crippen LogP contribution is -2.12. The Morgan fingerprint density at radius 1 is 1.19 bits per heavy atom. The molecule has 0 aliphatic heterocycles. The number of carbonyl (C=O) groups is 1. The van der Waals surface area contributed by atoms with Crippen molar-refractivity contribution in [3.8, 4) is 11.5 Å². The van der Waals surface area contributed by atoms with E-state index in [9.17, 15) is 9.90 Å². The van der Waals surface area contributed by atoms with Crippen molar-refractivity contribution in [2.24, 2.45) is 5.92 Å². The predicted molar refractivity (Wildman–Crippen MR) is 146 cm³/mol. The van der Waals surface area contributed by atoms with E-state index in [-0.39, 0.29) is 6.61 Å². The first-order valence-corrected chi connectivity index (χ1v) is 12.3. The molecule has 0 bridgehead atoms. The van der Waals surface area contributed by atoms with Crippen LogP contribution in [0.2, 0.25) is 0 Å². The Balaban J connectivity index is 0.00000106. The maximum Gasteiger partial charge on any atom is 0.341 e. The van der Waals surface area contributed by atoms with E-state index in [0.29, 0.717) is 24.0 Å². The lowest BCUT2D eigenvalue weighted by atomic mass is 10.0. The molecule has 2 N–H and O–H groups in total. The molecule has 1 aromatic heterocycles. The van der Waals surface area contributed by atoms with Crippen LogP contribution in [0, 0.1) is 12.8 Å². The molecule has 0 radical (unpaired) electrons. The zero-order chi connectivity index (χ0) is 26.8. The number of aliphatic hydroxyl groups excluding tert-OH is 1. The second-order valence-corrected chi connectivity index (χ2v) is 9.10. The normalized spacial score (nSPS) is 12.2. The minimum absolute atomic E-state index is 0.333. The lowest BCUT2D eigenvalue weighted by molar-refractivity contribution is -0.139. The highest BCUT2D eigenvalue weighted by molar-refractivity contribution is 6.18. The van der Waals surface area contributed by atoms with Crippen LogP contribution in [0.3, 0.4) is 0 Å². The third-order valence-corrected chi connectivity index (χ3v) is 5.80. The van der Waals surface area contributed by atoms with Crippen molar-refractivity contribution in [2.75, 3.05) is 19.6 Å². The van der Waals surface area contributed by atoms with E-state index in [1.165, 1.54) is 0 Å². The molecule has 0 saturated carbocycles. The first kappa shape index (κ1) is 29.0. The number of aromatic nitrogens is 1. The van der Waals surface area contributed by atoms with Gasteiger partial charge in [0.1, 0.15) is 11.5 Å². The SMILES string of the molecule is C=CCCl.COc1ccc2c(c1)c(Cc1cccc(OCC(=O)O)c1)c(C)n2C(O)/C(C)=C/C(C)C. The van der Waals surface area contributed by atoms with E-state index in [2.05, 4.69) is 26.5 Å². The van der Waals surface area contributed by atoms with Gasteiger partial charge >= 0.3 is 5.97 Å².